The molecule has 1 aromatic heterocycles. The summed E-state index contributed by atoms with van der Waals surface area (Å²) in [4.78, 5) is 4.51. The summed E-state index contributed by atoms with van der Waals surface area (Å²) in [7, 11) is 0. The molecular weight excluding hydrogens is 265 g/mol. The fourth-order valence-electron chi connectivity index (χ4n) is 2.36. The standard InChI is InChI=1S/C17H14FN3/c1-2-9-21-16-8-7-14(18)10-15(16)20-17(21)13-5-3-12(11-19)4-6-13/h1,3-8,10H,9,11,19H2. The Morgan fingerprint density at radius 3 is 2.62 bits per heavy atom. The Morgan fingerprint density at radius 2 is 1.95 bits per heavy atom. The summed E-state index contributed by atoms with van der Waals surface area (Å²) < 4.78 is 15.3. The average molecular weight is 279 g/mol. The molecule has 0 bridgehead atoms. The van der Waals surface area contributed by atoms with Gasteiger partial charge in [-0.25, -0.2) is 9.37 Å². The fourth-order valence-corrected chi connectivity index (χ4v) is 2.36. The number of terminal acetylenes is 1. The number of rotatable bonds is 3. The van der Waals surface area contributed by atoms with Crippen LogP contribution in [0.4, 0.5) is 4.39 Å². The Kier molecular flexibility index (Phi) is 3.43. The minimum Gasteiger partial charge on any atom is -0.326 e. The third-order valence-corrected chi connectivity index (χ3v) is 3.41. The maximum atomic E-state index is 13.4. The van der Waals surface area contributed by atoms with Gasteiger partial charge < -0.3 is 10.3 Å². The summed E-state index contributed by atoms with van der Waals surface area (Å²) in [6.45, 7) is 0.877. The Bertz CT molecular complexity index is 826. The van der Waals surface area contributed by atoms with Crippen LogP contribution in [0.5, 0.6) is 0 Å². The molecule has 0 radical (unpaired) electrons. The Hall–Kier alpha value is -2.64. The quantitative estimate of drug-likeness (QED) is 0.749. The highest BCUT2D eigenvalue weighted by Gasteiger charge is 2.12. The maximum absolute atomic E-state index is 13.4. The van der Waals surface area contributed by atoms with Gasteiger partial charge in [0.15, 0.2) is 0 Å². The van der Waals surface area contributed by atoms with Crippen LogP contribution in [-0.4, -0.2) is 9.55 Å². The monoisotopic (exact) mass is 279 g/mol. The molecule has 0 amide bonds. The van der Waals surface area contributed by atoms with Crippen molar-refractivity contribution in [2.24, 2.45) is 5.73 Å². The Labute approximate surface area is 122 Å². The van der Waals surface area contributed by atoms with Gasteiger partial charge in [-0.15, -0.1) is 6.42 Å². The van der Waals surface area contributed by atoms with Gasteiger partial charge in [0.05, 0.1) is 17.6 Å². The number of nitrogens with two attached hydrogens (primary N) is 1. The number of imidazole rings is 1. The lowest BCUT2D eigenvalue weighted by Crippen LogP contribution is -2.00. The topological polar surface area (TPSA) is 43.8 Å². The minimum atomic E-state index is -0.308. The van der Waals surface area contributed by atoms with Crippen molar-refractivity contribution in [2.75, 3.05) is 0 Å². The first-order chi connectivity index (χ1) is 10.2. The molecule has 21 heavy (non-hydrogen) atoms. The zero-order chi connectivity index (χ0) is 14.8. The van der Waals surface area contributed by atoms with Gasteiger partial charge >= 0.3 is 0 Å². The molecule has 0 atom stereocenters. The van der Waals surface area contributed by atoms with E-state index >= 15 is 0 Å². The lowest BCUT2D eigenvalue weighted by Gasteiger charge is -2.06. The van der Waals surface area contributed by atoms with Crippen molar-refractivity contribution in [2.45, 2.75) is 13.1 Å². The molecule has 3 rings (SSSR count). The number of hydrogen-bond donors (Lipinski definition) is 1. The van der Waals surface area contributed by atoms with Crippen LogP contribution in [0.2, 0.25) is 0 Å². The van der Waals surface area contributed by atoms with E-state index in [4.69, 9.17) is 12.2 Å². The SMILES string of the molecule is C#CCn1c(-c2ccc(CN)cc2)nc2cc(F)ccc21. The summed E-state index contributed by atoms with van der Waals surface area (Å²) >= 11 is 0. The first-order valence-electron chi connectivity index (χ1n) is 6.61. The van der Waals surface area contributed by atoms with Crippen LogP contribution in [0.1, 0.15) is 5.56 Å². The number of fused-ring (bicyclic) bond motifs is 1. The molecule has 0 aliphatic heterocycles. The zero-order valence-electron chi connectivity index (χ0n) is 11.4. The van der Waals surface area contributed by atoms with Crippen molar-refractivity contribution in [3.05, 3.63) is 53.8 Å². The molecule has 0 aliphatic carbocycles. The van der Waals surface area contributed by atoms with Gasteiger partial charge in [0.25, 0.3) is 0 Å². The molecule has 0 unspecified atom stereocenters. The Balaban J connectivity index is 2.20. The van der Waals surface area contributed by atoms with E-state index in [0.717, 1.165) is 22.5 Å². The van der Waals surface area contributed by atoms with Crippen molar-refractivity contribution < 1.29 is 4.39 Å². The van der Waals surface area contributed by atoms with E-state index < -0.39 is 0 Å². The molecule has 0 fully saturated rings. The molecule has 104 valence electrons. The summed E-state index contributed by atoms with van der Waals surface area (Å²) in [5, 5.41) is 0. The fraction of sp³-hybridized carbons (Fsp3) is 0.118. The van der Waals surface area contributed by atoms with E-state index in [9.17, 15) is 4.39 Å². The molecule has 3 nitrogen and oxygen atoms in total. The van der Waals surface area contributed by atoms with Gasteiger partial charge in [0.1, 0.15) is 11.6 Å². The van der Waals surface area contributed by atoms with Gasteiger partial charge in [0.2, 0.25) is 0 Å². The summed E-state index contributed by atoms with van der Waals surface area (Å²) in [5.74, 6) is 3.04. The number of halogens is 1. The lowest BCUT2D eigenvalue weighted by molar-refractivity contribution is 0.629. The van der Waals surface area contributed by atoms with Crippen LogP contribution >= 0.6 is 0 Å². The number of benzene rings is 2. The smallest absolute Gasteiger partial charge is 0.141 e. The van der Waals surface area contributed by atoms with E-state index in [0.29, 0.717) is 18.6 Å². The van der Waals surface area contributed by atoms with E-state index in [2.05, 4.69) is 10.9 Å². The van der Waals surface area contributed by atoms with Crippen LogP contribution in [0.3, 0.4) is 0 Å². The normalized spacial score (nSPS) is 10.7. The highest BCUT2D eigenvalue weighted by atomic mass is 19.1. The van der Waals surface area contributed by atoms with E-state index in [1.165, 1.54) is 12.1 Å². The van der Waals surface area contributed by atoms with Crippen LogP contribution in [0, 0.1) is 18.2 Å². The van der Waals surface area contributed by atoms with Gasteiger partial charge in [-0.1, -0.05) is 30.2 Å². The predicted octanol–water partition coefficient (Wildman–Crippen LogP) is 2.93. The van der Waals surface area contributed by atoms with Gasteiger partial charge in [-0.3, -0.25) is 0 Å². The number of nitrogens with zero attached hydrogens (tertiary/aromatic N) is 2. The molecule has 3 aromatic rings. The van der Waals surface area contributed by atoms with Crippen molar-refractivity contribution >= 4 is 11.0 Å². The van der Waals surface area contributed by atoms with Crippen molar-refractivity contribution in [1.29, 1.82) is 0 Å². The van der Waals surface area contributed by atoms with Crippen LogP contribution < -0.4 is 5.73 Å². The number of aromatic nitrogens is 2. The summed E-state index contributed by atoms with van der Waals surface area (Å²) in [6.07, 6.45) is 5.44. The highest BCUT2D eigenvalue weighted by Crippen LogP contribution is 2.25. The molecular formula is C17H14FN3. The van der Waals surface area contributed by atoms with Crippen LogP contribution in [0.25, 0.3) is 22.4 Å². The third kappa shape index (κ3) is 2.39. The lowest BCUT2D eigenvalue weighted by atomic mass is 10.1. The second-order valence-electron chi connectivity index (χ2n) is 4.76. The third-order valence-electron chi connectivity index (χ3n) is 3.41. The van der Waals surface area contributed by atoms with Gasteiger partial charge in [-0.2, -0.15) is 0 Å². The average Bonchev–Trinajstić information content (AvgIpc) is 2.85. The minimum absolute atomic E-state index is 0.308. The molecule has 2 aromatic carbocycles. The van der Waals surface area contributed by atoms with Gasteiger partial charge in [-0.05, 0) is 17.7 Å². The first kappa shape index (κ1) is 13.3. The molecule has 2 N–H and O–H groups in total. The molecule has 0 saturated carbocycles. The van der Waals surface area contributed by atoms with E-state index in [1.54, 1.807) is 6.07 Å². The van der Waals surface area contributed by atoms with Crippen molar-refractivity contribution in [1.82, 2.24) is 9.55 Å². The molecule has 1 heterocycles. The first-order valence-corrected chi connectivity index (χ1v) is 6.61. The zero-order valence-corrected chi connectivity index (χ0v) is 11.4. The molecule has 0 aliphatic rings. The van der Waals surface area contributed by atoms with Gasteiger partial charge in [0, 0.05) is 18.2 Å². The summed E-state index contributed by atoms with van der Waals surface area (Å²) in [6, 6.07) is 12.3. The highest BCUT2D eigenvalue weighted by molar-refractivity contribution is 5.80. The van der Waals surface area contributed by atoms with Crippen LogP contribution in [-0.2, 0) is 13.1 Å². The van der Waals surface area contributed by atoms with Crippen molar-refractivity contribution in [3.63, 3.8) is 0 Å². The predicted molar refractivity (Wildman–Crippen MR) is 81.9 cm³/mol. The molecule has 0 spiro atoms. The second-order valence-corrected chi connectivity index (χ2v) is 4.76. The van der Waals surface area contributed by atoms with E-state index in [-0.39, 0.29) is 5.82 Å². The van der Waals surface area contributed by atoms with Crippen molar-refractivity contribution in [3.8, 4) is 23.7 Å². The Morgan fingerprint density at radius 1 is 1.19 bits per heavy atom. The number of hydrogen-bond acceptors (Lipinski definition) is 2. The summed E-state index contributed by atoms with van der Waals surface area (Å²) in [5.41, 5.74) is 9.01. The largest absolute Gasteiger partial charge is 0.326 e. The van der Waals surface area contributed by atoms with Crippen LogP contribution in [0.15, 0.2) is 42.5 Å². The maximum Gasteiger partial charge on any atom is 0.141 e. The molecule has 0 saturated heterocycles. The second kappa shape index (κ2) is 5.39. The van der Waals surface area contributed by atoms with E-state index in [1.807, 2.05) is 28.8 Å². The molecule has 4 heteroatoms.